The zero-order valence-electron chi connectivity index (χ0n) is 23.5. The lowest BCUT2D eigenvalue weighted by atomic mass is 9.62. The Kier molecular flexibility index (Phi) is 4.07. The van der Waals surface area contributed by atoms with Gasteiger partial charge in [-0.15, -0.1) is 0 Å². The van der Waals surface area contributed by atoms with Crippen LogP contribution < -0.4 is 0 Å². The van der Waals surface area contributed by atoms with Gasteiger partial charge in [-0.2, -0.15) is 0 Å². The van der Waals surface area contributed by atoms with Crippen molar-refractivity contribution in [1.29, 1.82) is 0 Å². The van der Waals surface area contributed by atoms with Gasteiger partial charge < -0.3 is 0 Å². The van der Waals surface area contributed by atoms with Crippen molar-refractivity contribution < 1.29 is 0 Å². The third-order valence-corrected chi connectivity index (χ3v) is 11.6. The predicted molar refractivity (Wildman–Crippen MR) is 175 cm³/mol. The maximum absolute atomic E-state index is 2.56. The van der Waals surface area contributed by atoms with Gasteiger partial charge in [-0.3, -0.25) is 0 Å². The average Bonchev–Trinajstić information content (AvgIpc) is 3.04. The molecule has 4 bridgehead atoms. The van der Waals surface area contributed by atoms with Crippen molar-refractivity contribution in [2.24, 2.45) is 0 Å². The molecule has 4 atom stereocenters. The zero-order valence-corrected chi connectivity index (χ0v) is 23.5. The first-order valence-electron chi connectivity index (χ1n) is 15.9. The molecule has 0 N–H and O–H groups in total. The summed E-state index contributed by atoms with van der Waals surface area (Å²) in [5.74, 6) is 2.09. The molecule has 0 aliphatic heterocycles. The molecule has 0 aromatic heterocycles. The Bertz CT molecular complexity index is 2010. The van der Waals surface area contributed by atoms with E-state index >= 15 is 0 Å². The first kappa shape index (κ1) is 22.2. The van der Waals surface area contributed by atoms with Crippen molar-refractivity contribution in [3.63, 3.8) is 0 Å². The van der Waals surface area contributed by atoms with Crippen LogP contribution in [0.3, 0.4) is 0 Å². The molecule has 0 saturated heterocycles. The molecule has 7 aromatic carbocycles. The second kappa shape index (κ2) is 7.69. The molecule has 0 fully saturated rings. The summed E-state index contributed by atoms with van der Waals surface area (Å²) in [6.45, 7) is 0. The molecule has 13 rings (SSSR count). The molecule has 0 radical (unpaired) electrons. The molecule has 0 amide bonds. The maximum Gasteiger partial charge on any atom is 0.00960 e. The summed E-state index contributed by atoms with van der Waals surface area (Å²) in [5, 5.41) is 11.1. The molecule has 0 spiro atoms. The molecule has 6 aliphatic rings. The van der Waals surface area contributed by atoms with E-state index in [1.54, 1.807) is 44.5 Å². The molecule has 7 aromatic rings. The van der Waals surface area contributed by atoms with Crippen LogP contribution in [0.4, 0.5) is 0 Å². The number of fused-ring (bicyclic) bond motifs is 6. The van der Waals surface area contributed by atoms with Gasteiger partial charge in [0.25, 0.3) is 0 Å². The quantitative estimate of drug-likeness (QED) is 0.170. The van der Waals surface area contributed by atoms with E-state index in [0.717, 1.165) is 0 Å². The van der Waals surface area contributed by atoms with E-state index < -0.39 is 0 Å². The molecule has 42 heavy (non-hydrogen) atoms. The van der Waals surface area contributed by atoms with Crippen LogP contribution in [0, 0.1) is 0 Å². The highest BCUT2D eigenvalue weighted by atomic mass is 14.4. The standard InChI is InChI=1S/C42H30/c1-2-6-24-16-36-32-10-9-31(35(36)15-23(24)5-1)39-19-27-13-29-21-41-33-11-12-34(42(41)22-30(29)14-28(27)20-40(32)39)38-18-26-8-4-3-7-25(26)17-37(33)38/h1-8,13-22,31-34H,9-12H2. The molecule has 4 unspecified atom stereocenters. The van der Waals surface area contributed by atoms with Crippen molar-refractivity contribution in [2.45, 2.75) is 49.4 Å². The summed E-state index contributed by atoms with van der Waals surface area (Å²) in [4.78, 5) is 0. The number of rotatable bonds is 0. The maximum atomic E-state index is 2.56. The lowest BCUT2D eigenvalue weighted by Gasteiger charge is -2.41. The summed E-state index contributed by atoms with van der Waals surface area (Å²) in [7, 11) is 0. The first-order valence-corrected chi connectivity index (χ1v) is 15.9. The minimum absolute atomic E-state index is 0.523. The Morgan fingerprint density at radius 3 is 0.714 bits per heavy atom. The van der Waals surface area contributed by atoms with Crippen LogP contribution in [0.1, 0.15) is 93.9 Å². The van der Waals surface area contributed by atoms with E-state index in [0.29, 0.717) is 23.7 Å². The van der Waals surface area contributed by atoms with Gasteiger partial charge >= 0.3 is 0 Å². The van der Waals surface area contributed by atoms with Gasteiger partial charge in [0.1, 0.15) is 0 Å². The Hall–Kier alpha value is -4.42. The topological polar surface area (TPSA) is 0 Å². The number of hydrogen-bond donors (Lipinski definition) is 0. The smallest absolute Gasteiger partial charge is 0.00960 e. The minimum atomic E-state index is 0.523. The monoisotopic (exact) mass is 534 g/mol. The fourth-order valence-corrected chi connectivity index (χ4v) is 9.72. The van der Waals surface area contributed by atoms with E-state index in [2.05, 4.69) is 109 Å². The fourth-order valence-electron chi connectivity index (χ4n) is 9.72. The molecule has 0 heterocycles. The van der Waals surface area contributed by atoms with E-state index in [4.69, 9.17) is 0 Å². The zero-order chi connectivity index (χ0) is 27.1. The highest BCUT2D eigenvalue weighted by Crippen LogP contribution is 2.56. The van der Waals surface area contributed by atoms with Crippen molar-refractivity contribution in [1.82, 2.24) is 0 Å². The minimum Gasteiger partial charge on any atom is -0.0616 e. The predicted octanol–water partition coefficient (Wildman–Crippen LogP) is 11.0. The summed E-state index contributed by atoms with van der Waals surface area (Å²) in [6.07, 6.45) is 5.08. The van der Waals surface area contributed by atoms with Crippen molar-refractivity contribution >= 4 is 43.1 Å². The van der Waals surface area contributed by atoms with Gasteiger partial charge in [-0.05, 0) is 125 Å². The van der Waals surface area contributed by atoms with Crippen LogP contribution in [0.15, 0.2) is 109 Å². The molecule has 198 valence electrons. The third-order valence-electron chi connectivity index (χ3n) is 11.6. The average molecular weight is 535 g/mol. The summed E-state index contributed by atoms with van der Waals surface area (Å²) < 4.78 is 0. The highest BCUT2D eigenvalue weighted by molar-refractivity contribution is 6.00. The second-order valence-corrected chi connectivity index (χ2v) is 13.5. The van der Waals surface area contributed by atoms with E-state index in [9.17, 15) is 0 Å². The Labute approximate surface area is 245 Å². The lowest BCUT2D eigenvalue weighted by molar-refractivity contribution is 0.521. The first-order chi connectivity index (χ1) is 20.8. The van der Waals surface area contributed by atoms with E-state index in [-0.39, 0.29) is 0 Å². The van der Waals surface area contributed by atoms with Crippen LogP contribution in [-0.4, -0.2) is 0 Å². The Morgan fingerprint density at radius 2 is 0.476 bits per heavy atom. The van der Waals surface area contributed by atoms with Crippen LogP contribution in [-0.2, 0) is 0 Å². The lowest BCUT2D eigenvalue weighted by Crippen LogP contribution is -2.25. The van der Waals surface area contributed by atoms with Crippen LogP contribution in [0.5, 0.6) is 0 Å². The molecule has 0 heteroatoms. The molecule has 6 aliphatic carbocycles. The Morgan fingerprint density at radius 1 is 0.262 bits per heavy atom. The van der Waals surface area contributed by atoms with Gasteiger partial charge in [0, 0.05) is 23.7 Å². The van der Waals surface area contributed by atoms with Crippen molar-refractivity contribution in [3.8, 4) is 0 Å². The van der Waals surface area contributed by atoms with Crippen LogP contribution >= 0.6 is 0 Å². The normalized spacial score (nSPS) is 22.9. The van der Waals surface area contributed by atoms with Crippen molar-refractivity contribution in [2.75, 3.05) is 0 Å². The Balaban J connectivity index is 1.09. The summed E-state index contributed by atoms with van der Waals surface area (Å²) in [5.41, 5.74) is 12.6. The van der Waals surface area contributed by atoms with E-state index in [1.165, 1.54) is 68.8 Å². The summed E-state index contributed by atoms with van der Waals surface area (Å²) >= 11 is 0. The van der Waals surface area contributed by atoms with Crippen LogP contribution in [0.25, 0.3) is 43.1 Å². The SMILES string of the molecule is c1ccc2cc3c(cc2c1)C1CCC3c2cc3cc4cc5c(cc4cc3cc21)C1CCC5c2cc3ccccc3cc21. The van der Waals surface area contributed by atoms with Gasteiger partial charge in [-0.1, -0.05) is 97.1 Å². The van der Waals surface area contributed by atoms with Gasteiger partial charge in [0.2, 0.25) is 0 Å². The fraction of sp³-hybridized carbons (Fsp3) is 0.190. The molecular weight excluding hydrogens is 504 g/mol. The molecular formula is C42H30. The third kappa shape index (κ3) is 2.79. The highest BCUT2D eigenvalue weighted by Gasteiger charge is 2.39. The van der Waals surface area contributed by atoms with E-state index in [1.807, 2.05) is 0 Å². The second-order valence-electron chi connectivity index (χ2n) is 13.5. The largest absolute Gasteiger partial charge is 0.0616 e. The summed E-state index contributed by atoms with van der Waals surface area (Å²) in [6, 6.07) is 43.0. The van der Waals surface area contributed by atoms with Crippen LogP contribution in [0.2, 0.25) is 0 Å². The van der Waals surface area contributed by atoms with Gasteiger partial charge in [0.05, 0.1) is 0 Å². The number of benzene rings is 7. The van der Waals surface area contributed by atoms with Crippen molar-refractivity contribution in [3.05, 3.63) is 154 Å². The number of hydrogen-bond acceptors (Lipinski definition) is 0. The van der Waals surface area contributed by atoms with Gasteiger partial charge in [0.15, 0.2) is 0 Å². The molecule has 0 nitrogen and oxygen atoms in total. The molecule has 0 saturated carbocycles. The van der Waals surface area contributed by atoms with Gasteiger partial charge in [-0.25, -0.2) is 0 Å².